The highest BCUT2D eigenvalue weighted by atomic mass is 16.3. The summed E-state index contributed by atoms with van der Waals surface area (Å²) in [7, 11) is 0. The third-order valence-corrected chi connectivity index (χ3v) is 4.15. The van der Waals surface area contributed by atoms with E-state index >= 15 is 0 Å². The van der Waals surface area contributed by atoms with Gasteiger partial charge in [0.1, 0.15) is 6.42 Å². The van der Waals surface area contributed by atoms with Gasteiger partial charge in [0.2, 0.25) is 11.8 Å². The number of pyridine rings is 1. The number of amides is 2. The molecular formula is C20H25N3O3. The average Bonchev–Trinajstić information content (AvgIpc) is 2.64. The zero-order chi connectivity index (χ0) is 18.9. The Morgan fingerprint density at radius 1 is 1.19 bits per heavy atom. The molecule has 0 aliphatic heterocycles. The summed E-state index contributed by atoms with van der Waals surface area (Å²) in [5, 5.41) is 12.3. The largest absolute Gasteiger partial charge is 0.394 e. The van der Waals surface area contributed by atoms with Crippen molar-refractivity contribution in [3.8, 4) is 0 Å². The van der Waals surface area contributed by atoms with Gasteiger partial charge in [0.25, 0.3) is 0 Å². The first-order chi connectivity index (χ1) is 12.5. The molecule has 2 amide bonds. The van der Waals surface area contributed by atoms with Crippen LogP contribution in [0.5, 0.6) is 0 Å². The van der Waals surface area contributed by atoms with Crippen LogP contribution in [0.1, 0.15) is 31.0 Å². The van der Waals surface area contributed by atoms with E-state index in [4.69, 9.17) is 0 Å². The van der Waals surface area contributed by atoms with E-state index in [-0.39, 0.29) is 37.4 Å². The smallest absolute Gasteiger partial charge is 0.233 e. The van der Waals surface area contributed by atoms with Gasteiger partial charge in [-0.25, -0.2) is 0 Å². The number of aryl methyl sites for hydroxylation is 1. The van der Waals surface area contributed by atoms with Gasteiger partial charge in [-0.1, -0.05) is 30.7 Å². The van der Waals surface area contributed by atoms with Crippen molar-refractivity contribution in [2.24, 2.45) is 0 Å². The number of carbonyl (C=O) groups is 2. The summed E-state index contributed by atoms with van der Waals surface area (Å²) in [6.07, 6.45) is 1.97. The van der Waals surface area contributed by atoms with Crippen LogP contribution in [0.2, 0.25) is 0 Å². The summed E-state index contributed by atoms with van der Waals surface area (Å²) in [4.78, 5) is 30.7. The molecule has 1 atom stereocenters. The van der Waals surface area contributed by atoms with Gasteiger partial charge >= 0.3 is 0 Å². The first-order valence-corrected chi connectivity index (χ1v) is 8.70. The van der Waals surface area contributed by atoms with Gasteiger partial charge in [-0.15, -0.1) is 0 Å². The van der Waals surface area contributed by atoms with E-state index in [0.717, 1.165) is 5.56 Å². The Labute approximate surface area is 153 Å². The second kappa shape index (κ2) is 9.68. The zero-order valence-electron chi connectivity index (χ0n) is 15.2. The number of anilines is 1. The maximum atomic E-state index is 12.7. The molecule has 0 aliphatic carbocycles. The van der Waals surface area contributed by atoms with Crippen molar-refractivity contribution >= 4 is 17.5 Å². The van der Waals surface area contributed by atoms with Gasteiger partial charge in [-0.05, 0) is 37.6 Å². The number of rotatable bonds is 8. The van der Waals surface area contributed by atoms with Crippen molar-refractivity contribution < 1.29 is 14.7 Å². The highest BCUT2D eigenvalue weighted by Crippen LogP contribution is 2.13. The summed E-state index contributed by atoms with van der Waals surface area (Å²) < 4.78 is 0. The van der Waals surface area contributed by atoms with Crippen molar-refractivity contribution in [3.05, 3.63) is 59.9 Å². The number of carbonyl (C=O) groups excluding carboxylic acids is 2. The molecule has 138 valence electrons. The Balaban J connectivity index is 2.04. The number of aliphatic hydroxyl groups excluding tert-OH is 1. The average molecular weight is 355 g/mol. The predicted molar refractivity (Wildman–Crippen MR) is 100 cm³/mol. The van der Waals surface area contributed by atoms with Crippen molar-refractivity contribution in [1.29, 1.82) is 0 Å². The molecule has 2 rings (SSSR count). The highest BCUT2D eigenvalue weighted by molar-refractivity contribution is 6.03. The molecule has 0 radical (unpaired) electrons. The Morgan fingerprint density at radius 2 is 1.92 bits per heavy atom. The second-order valence-electron chi connectivity index (χ2n) is 6.18. The fourth-order valence-corrected chi connectivity index (χ4v) is 2.62. The Kier molecular flexibility index (Phi) is 7.29. The van der Waals surface area contributed by atoms with Gasteiger partial charge in [0, 0.05) is 11.9 Å². The molecular weight excluding hydrogens is 330 g/mol. The Hall–Kier alpha value is -2.73. The van der Waals surface area contributed by atoms with Gasteiger partial charge in [-0.3, -0.25) is 14.6 Å². The zero-order valence-corrected chi connectivity index (χ0v) is 15.2. The fraction of sp³-hybridized carbons (Fsp3) is 0.350. The normalized spacial score (nSPS) is 11.7. The van der Waals surface area contributed by atoms with Crippen LogP contribution in [0.3, 0.4) is 0 Å². The molecule has 0 spiro atoms. The summed E-state index contributed by atoms with van der Waals surface area (Å²) >= 11 is 0. The second-order valence-corrected chi connectivity index (χ2v) is 6.18. The fourth-order valence-electron chi connectivity index (χ4n) is 2.62. The molecule has 0 bridgehead atoms. The van der Waals surface area contributed by atoms with Gasteiger partial charge < -0.3 is 15.3 Å². The predicted octanol–water partition coefficient (Wildman–Crippen LogP) is 2.52. The van der Waals surface area contributed by atoms with Crippen LogP contribution >= 0.6 is 0 Å². The monoisotopic (exact) mass is 355 g/mol. The number of nitrogens with one attached hydrogen (secondary N) is 1. The van der Waals surface area contributed by atoms with Crippen LogP contribution < -0.4 is 5.32 Å². The lowest BCUT2D eigenvalue weighted by molar-refractivity contribution is -0.138. The van der Waals surface area contributed by atoms with E-state index in [1.807, 2.05) is 38.1 Å². The summed E-state index contributed by atoms with van der Waals surface area (Å²) in [5.74, 6) is -0.709. The van der Waals surface area contributed by atoms with Crippen molar-refractivity contribution in [2.75, 3.05) is 11.9 Å². The van der Waals surface area contributed by atoms with Crippen molar-refractivity contribution in [1.82, 2.24) is 9.88 Å². The molecule has 6 nitrogen and oxygen atoms in total. The van der Waals surface area contributed by atoms with Gasteiger partial charge in [0.15, 0.2) is 0 Å². The van der Waals surface area contributed by atoms with Crippen LogP contribution in [0.15, 0.2) is 48.7 Å². The standard InChI is InChI=1S/C20H25N3O3/c1-3-18(14-24)23(13-17-6-4-5-11-21-17)20(26)12-19(25)22-16-9-7-15(2)8-10-16/h4-11,18,24H,3,12-14H2,1-2H3,(H,22,25). The minimum absolute atomic E-state index is 0.158. The molecule has 0 fully saturated rings. The lowest BCUT2D eigenvalue weighted by Gasteiger charge is -2.29. The molecule has 1 aromatic heterocycles. The van der Waals surface area contributed by atoms with Crippen LogP contribution in [0, 0.1) is 6.92 Å². The van der Waals surface area contributed by atoms with Gasteiger partial charge in [-0.2, -0.15) is 0 Å². The Bertz CT molecular complexity index is 713. The molecule has 6 heteroatoms. The summed E-state index contributed by atoms with van der Waals surface area (Å²) in [5.41, 5.74) is 2.46. The van der Waals surface area contributed by atoms with Crippen LogP contribution in [0.4, 0.5) is 5.69 Å². The van der Waals surface area contributed by atoms with Crippen LogP contribution in [-0.2, 0) is 16.1 Å². The van der Waals surface area contributed by atoms with Crippen LogP contribution in [0.25, 0.3) is 0 Å². The lowest BCUT2D eigenvalue weighted by Crippen LogP contribution is -2.43. The minimum atomic E-state index is -0.377. The van der Waals surface area contributed by atoms with E-state index in [9.17, 15) is 14.7 Å². The van der Waals surface area contributed by atoms with E-state index in [1.165, 1.54) is 4.90 Å². The van der Waals surface area contributed by atoms with Crippen molar-refractivity contribution in [2.45, 2.75) is 39.3 Å². The number of hydrogen-bond acceptors (Lipinski definition) is 4. The Morgan fingerprint density at radius 3 is 2.50 bits per heavy atom. The molecule has 26 heavy (non-hydrogen) atoms. The number of aliphatic hydroxyl groups is 1. The minimum Gasteiger partial charge on any atom is -0.394 e. The molecule has 1 heterocycles. The highest BCUT2D eigenvalue weighted by Gasteiger charge is 2.24. The number of aromatic nitrogens is 1. The molecule has 1 aromatic carbocycles. The SMILES string of the molecule is CCC(CO)N(Cc1ccccn1)C(=O)CC(=O)Nc1ccc(C)cc1. The molecule has 2 N–H and O–H groups in total. The topological polar surface area (TPSA) is 82.5 Å². The maximum absolute atomic E-state index is 12.7. The van der Waals surface area contributed by atoms with E-state index in [1.54, 1.807) is 24.4 Å². The first kappa shape index (κ1) is 19.6. The third-order valence-electron chi connectivity index (χ3n) is 4.15. The molecule has 0 saturated heterocycles. The van der Waals surface area contributed by atoms with E-state index < -0.39 is 0 Å². The number of benzene rings is 1. The maximum Gasteiger partial charge on any atom is 0.233 e. The number of nitrogens with zero attached hydrogens (tertiary/aromatic N) is 2. The molecule has 2 aromatic rings. The summed E-state index contributed by atoms with van der Waals surface area (Å²) in [6, 6.07) is 12.5. The quantitative estimate of drug-likeness (QED) is 0.713. The van der Waals surface area contributed by atoms with Crippen LogP contribution in [-0.4, -0.2) is 39.5 Å². The lowest BCUT2D eigenvalue weighted by atomic mass is 10.1. The molecule has 0 aliphatic rings. The summed E-state index contributed by atoms with van der Waals surface area (Å²) in [6.45, 7) is 3.96. The van der Waals surface area contributed by atoms with E-state index in [0.29, 0.717) is 17.8 Å². The molecule has 0 saturated carbocycles. The third kappa shape index (κ3) is 5.67. The first-order valence-electron chi connectivity index (χ1n) is 8.70. The molecule has 1 unspecified atom stereocenters. The number of hydrogen-bond donors (Lipinski definition) is 2. The van der Waals surface area contributed by atoms with Crippen molar-refractivity contribution in [3.63, 3.8) is 0 Å². The van der Waals surface area contributed by atoms with E-state index in [2.05, 4.69) is 10.3 Å². The van der Waals surface area contributed by atoms with Gasteiger partial charge in [0.05, 0.1) is 24.9 Å².